The number of amides is 1. The van der Waals surface area contributed by atoms with Gasteiger partial charge in [-0.2, -0.15) is 0 Å². The SMILES string of the molecule is CN(CC1CCC(=O)N(C)C1)CC1(CO)CCOCC1.O=CO. The second-order valence-electron chi connectivity index (χ2n) is 6.75. The van der Waals surface area contributed by atoms with Crippen molar-refractivity contribution in [3.63, 3.8) is 0 Å². The van der Waals surface area contributed by atoms with Gasteiger partial charge in [-0.1, -0.05) is 0 Å². The molecule has 0 saturated carbocycles. The molecule has 0 radical (unpaired) electrons. The van der Waals surface area contributed by atoms with Crippen LogP contribution in [0.5, 0.6) is 0 Å². The quantitative estimate of drug-likeness (QED) is 0.704. The summed E-state index contributed by atoms with van der Waals surface area (Å²) in [4.78, 5) is 24.0. The lowest BCUT2D eigenvalue weighted by Crippen LogP contribution is -2.46. The molecule has 2 aliphatic heterocycles. The van der Waals surface area contributed by atoms with Crippen LogP contribution >= 0.6 is 0 Å². The van der Waals surface area contributed by atoms with E-state index in [1.54, 1.807) is 0 Å². The van der Waals surface area contributed by atoms with E-state index < -0.39 is 0 Å². The van der Waals surface area contributed by atoms with Gasteiger partial charge in [-0.3, -0.25) is 9.59 Å². The van der Waals surface area contributed by atoms with Gasteiger partial charge in [-0.05, 0) is 32.2 Å². The summed E-state index contributed by atoms with van der Waals surface area (Å²) < 4.78 is 5.41. The highest BCUT2D eigenvalue weighted by Crippen LogP contribution is 2.31. The van der Waals surface area contributed by atoms with Crippen LogP contribution in [-0.2, 0) is 14.3 Å². The number of piperidine rings is 1. The van der Waals surface area contributed by atoms with E-state index in [2.05, 4.69) is 11.9 Å². The van der Waals surface area contributed by atoms with Crippen molar-refractivity contribution in [3.05, 3.63) is 0 Å². The van der Waals surface area contributed by atoms with E-state index in [4.69, 9.17) is 14.6 Å². The number of aliphatic hydroxyl groups excluding tert-OH is 1. The fourth-order valence-electron chi connectivity index (χ4n) is 3.50. The molecular formula is C16H30N2O5. The summed E-state index contributed by atoms with van der Waals surface area (Å²) in [5.41, 5.74) is 0.00336. The highest BCUT2D eigenvalue weighted by atomic mass is 16.5. The average Bonchev–Trinajstić information content (AvgIpc) is 2.52. The molecule has 7 heteroatoms. The van der Waals surface area contributed by atoms with Crippen LogP contribution < -0.4 is 0 Å². The van der Waals surface area contributed by atoms with Crippen molar-refractivity contribution >= 4 is 12.4 Å². The first-order valence-electron chi connectivity index (χ1n) is 8.15. The summed E-state index contributed by atoms with van der Waals surface area (Å²) in [6.45, 7) is 4.29. The maximum absolute atomic E-state index is 11.5. The zero-order valence-electron chi connectivity index (χ0n) is 14.2. The lowest BCUT2D eigenvalue weighted by Gasteiger charge is -2.40. The Labute approximate surface area is 138 Å². The van der Waals surface area contributed by atoms with Crippen LogP contribution in [-0.4, -0.2) is 85.9 Å². The van der Waals surface area contributed by atoms with Crippen LogP contribution in [0.1, 0.15) is 25.7 Å². The molecule has 23 heavy (non-hydrogen) atoms. The van der Waals surface area contributed by atoms with E-state index in [1.165, 1.54) is 0 Å². The Kier molecular flexibility index (Phi) is 8.51. The number of carbonyl (C=O) groups excluding carboxylic acids is 1. The molecule has 0 aromatic carbocycles. The van der Waals surface area contributed by atoms with Crippen LogP contribution in [0.15, 0.2) is 0 Å². The van der Waals surface area contributed by atoms with Gasteiger partial charge >= 0.3 is 0 Å². The first kappa shape index (κ1) is 19.9. The van der Waals surface area contributed by atoms with E-state index >= 15 is 0 Å². The van der Waals surface area contributed by atoms with Crippen molar-refractivity contribution in [2.75, 3.05) is 53.6 Å². The number of nitrogens with zero attached hydrogens (tertiary/aromatic N) is 2. The van der Waals surface area contributed by atoms with Crippen molar-refractivity contribution in [2.45, 2.75) is 25.7 Å². The predicted octanol–water partition coefficient (Wildman–Crippen LogP) is 0.277. The Bertz CT molecular complexity index is 371. The van der Waals surface area contributed by atoms with Gasteiger partial charge < -0.3 is 24.7 Å². The molecule has 134 valence electrons. The highest BCUT2D eigenvalue weighted by molar-refractivity contribution is 5.76. The standard InChI is InChI=1S/C15H28N2O3.CH2O2/c1-16(9-13-3-4-14(19)17(2)10-13)11-15(12-18)5-7-20-8-6-15;2-1-3/h13,18H,3-12H2,1-2H3;1H,(H,2,3). The molecule has 2 fully saturated rings. The Morgan fingerprint density at radius 2 is 2.04 bits per heavy atom. The van der Waals surface area contributed by atoms with Crippen LogP contribution in [0.25, 0.3) is 0 Å². The number of aliphatic hydroxyl groups is 1. The van der Waals surface area contributed by atoms with E-state index in [0.717, 1.165) is 52.1 Å². The largest absolute Gasteiger partial charge is 0.483 e. The Balaban J connectivity index is 0.000000816. The fourth-order valence-corrected chi connectivity index (χ4v) is 3.50. The predicted molar refractivity (Wildman–Crippen MR) is 86.1 cm³/mol. The number of carbonyl (C=O) groups is 2. The van der Waals surface area contributed by atoms with Gasteiger partial charge in [0, 0.05) is 51.7 Å². The van der Waals surface area contributed by atoms with E-state index in [9.17, 15) is 9.90 Å². The number of likely N-dealkylation sites (tertiary alicyclic amines) is 1. The minimum Gasteiger partial charge on any atom is -0.483 e. The fraction of sp³-hybridized carbons (Fsp3) is 0.875. The van der Waals surface area contributed by atoms with Gasteiger partial charge in [0.05, 0.1) is 6.61 Å². The van der Waals surface area contributed by atoms with Crippen molar-refractivity contribution in [3.8, 4) is 0 Å². The third-order valence-corrected chi connectivity index (χ3v) is 4.79. The van der Waals surface area contributed by atoms with Gasteiger partial charge in [0.1, 0.15) is 0 Å². The summed E-state index contributed by atoms with van der Waals surface area (Å²) in [7, 11) is 4.02. The number of ether oxygens (including phenoxy) is 1. The first-order valence-corrected chi connectivity index (χ1v) is 8.15. The summed E-state index contributed by atoms with van der Waals surface area (Å²) in [5.74, 6) is 0.818. The first-order chi connectivity index (χ1) is 11.0. The van der Waals surface area contributed by atoms with Crippen LogP contribution in [0.2, 0.25) is 0 Å². The van der Waals surface area contributed by atoms with Crippen molar-refractivity contribution < 1.29 is 24.5 Å². The molecule has 0 spiro atoms. The molecule has 2 saturated heterocycles. The molecule has 2 aliphatic rings. The topological polar surface area (TPSA) is 90.3 Å². The van der Waals surface area contributed by atoms with Crippen molar-refractivity contribution in [2.24, 2.45) is 11.3 Å². The van der Waals surface area contributed by atoms with Gasteiger partial charge in [0.25, 0.3) is 6.47 Å². The minimum absolute atomic E-state index is 0.00336. The van der Waals surface area contributed by atoms with Crippen LogP contribution in [0, 0.1) is 11.3 Å². The molecule has 0 aromatic heterocycles. The molecule has 0 bridgehead atoms. The molecule has 2 heterocycles. The van der Waals surface area contributed by atoms with E-state index in [1.807, 2.05) is 11.9 Å². The number of rotatable bonds is 5. The molecule has 2 N–H and O–H groups in total. The zero-order chi connectivity index (χ0) is 17.3. The van der Waals surface area contributed by atoms with Crippen molar-refractivity contribution in [1.82, 2.24) is 9.80 Å². The number of hydrogen-bond donors (Lipinski definition) is 2. The van der Waals surface area contributed by atoms with Gasteiger partial charge in [0.15, 0.2) is 0 Å². The average molecular weight is 330 g/mol. The highest BCUT2D eigenvalue weighted by Gasteiger charge is 2.34. The summed E-state index contributed by atoms with van der Waals surface area (Å²) >= 11 is 0. The minimum atomic E-state index is -0.250. The molecular weight excluding hydrogens is 300 g/mol. The monoisotopic (exact) mass is 330 g/mol. The van der Waals surface area contributed by atoms with Gasteiger partial charge in [-0.25, -0.2) is 0 Å². The third-order valence-electron chi connectivity index (χ3n) is 4.79. The molecule has 7 nitrogen and oxygen atoms in total. The van der Waals surface area contributed by atoms with E-state index in [0.29, 0.717) is 12.3 Å². The van der Waals surface area contributed by atoms with Crippen molar-refractivity contribution in [1.29, 1.82) is 0 Å². The van der Waals surface area contributed by atoms with Gasteiger partial charge in [-0.15, -0.1) is 0 Å². The maximum Gasteiger partial charge on any atom is 0.290 e. The smallest absolute Gasteiger partial charge is 0.290 e. The summed E-state index contributed by atoms with van der Waals surface area (Å²) in [6.07, 6.45) is 3.55. The normalized spacial score (nSPS) is 24.1. The third kappa shape index (κ3) is 6.45. The molecule has 0 aromatic rings. The molecule has 1 amide bonds. The van der Waals surface area contributed by atoms with Gasteiger partial charge in [0.2, 0.25) is 5.91 Å². The number of hydrogen-bond acceptors (Lipinski definition) is 5. The molecule has 2 rings (SSSR count). The van der Waals surface area contributed by atoms with E-state index in [-0.39, 0.29) is 24.4 Å². The van der Waals surface area contributed by atoms with Crippen LogP contribution in [0.4, 0.5) is 0 Å². The molecule has 1 unspecified atom stereocenters. The van der Waals surface area contributed by atoms with Crippen LogP contribution in [0.3, 0.4) is 0 Å². The second-order valence-corrected chi connectivity index (χ2v) is 6.75. The zero-order valence-corrected chi connectivity index (χ0v) is 14.2. The summed E-state index contributed by atoms with van der Waals surface area (Å²) in [5, 5.41) is 16.6. The lowest BCUT2D eigenvalue weighted by molar-refractivity contribution is -0.133. The lowest BCUT2D eigenvalue weighted by atomic mass is 9.80. The Morgan fingerprint density at radius 3 is 2.57 bits per heavy atom. The molecule has 0 aliphatic carbocycles. The number of carboxylic acid groups (broad SMARTS) is 1. The Morgan fingerprint density at radius 1 is 1.43 bits per heavy atom. The Hall–Kier alpha value is -1.18. The maximum atomic E-state index is 11.5. The summed E-state index contributed by atoms with van der Waals surface area (Å²) in [6, 6.07) is 0. The molecule has 1 atom stereocenters. The second kappa shape index (κ2) is 9.85.